The number of hydrogen-bond donors (Lipinski definition) is 2. The summed E-state index contributed by atoms with van der Waals surface area (Å²) in [7, 11) is -3.60. The number of rotatable bonds is 6. The minimum absolute atomic E-state index is 0.0268. The number of anilines is 1. The Morgan fingerprint density at radius 3 is 2.58 bits per heavy atom. The molecule has 0 unspecified atom stereocenters. The summed E-state index contributed by atoms with van der Waals surface area (Å²) >= 11 is 0. The molecule has 0 saturated carbocycles. The summed E-state index contributed by atoms with van der Waals surface area (Å²) < 4.78 is 31.1. The number of sulfone groups is 1. The van der Waals surface area contributed by atoms with Gasteiger partial charge >= 0.3 is 0 Å². The quantitative estimate of drug-likeness (QED) is 0.523. The standard InChI is InChI=1S/C26H28N4O5S/c1-17-13-22(36(33,34)12-9-28-18(2)31)5-6-23(17)26(32)30-10-11-35-24-7-3-19(14-21(24)16-30)20-4-8-25(27)29-15-20/h3-8,13-15H,9-12,16H2,1-2H3,(H2,27,29)(H,28,31). The van der Waals surface area contributed by atoms with Crippen molar-refractivity contribution in [2.45, 2.75) is 25.3 Å². The number of aryl methyl sites for hydroxylation is 1. The fourth-order valence-electron chi connectivity index (χ4n) is 4.04. The van der Waals surface area contributed by atoms with E-state index in [9.17, 15) is 18.0 Å². The average molecular weight is 509 g/mol. The fourth-order valence-corrected chi connectivity index (χ4v) is 5.28. The molecule has 10 heteroatoms. The molecule has 9 nitrogen and oxygen atoms in total. The number of ether oxygens (including phenoxy) is 1. The first kappa shape index (κ1) is 25.2. The molecule has 2 heterocycles. The van der Waals surface area contributed by atoms with E-state index in [0.717, 1.165) is 22.4 Å². The van der Waals surface area contributed by atoms with E-state index >= 15 is 0 Å². The molecule has 2 aromatic carbocycles. The number of benzene rings is 2. The molecule has 188 valence electrons. The zero-order chi connectivity index (χ0) is 25.9. The smallest absolute Gasteiger partial charge is 0.254 e. The van der Waals surface area contributed by atoms with Gasteiger partial charge in [0.25, 0.3) is 5.91 Å². The number of amides is 2. The molecular formula is C26H28N4O5S. The van der Waals surface area contributed by atoms with E-state index in [2.05, 4.69) is 10.3 Å². The van der Waals surface area contributed by atoms with Crippen LogP contribution < -0.4 is 15.8 Å². The van der Waals surface area contributed by atoms with Crippen molar-refractivity contribution in [3.8, 4) is 16.9 Å². The topological polar surface area (TPSA) is 132 Å². The van der Waals surface area contributed by atoms with Crippen LogP contribution in [0.4, 0.5) is 5.82 Å². The Labute approximate surface area is 210 Å². The zero-order valence-electron chi connectivity index (χ0n) is 20.2. The van der Waals surface area contributed by atoms with Gasteiger partial charge in [0.2, 0.25) is 5.91 Å². The molecule has 0 aliphatic carbocycles. The number of nitrogens with zero attached hydrogens (tertiary/aromatic N) is 2. The number of nitrogens with two attached hydrogens (primary N) is 1. The molecular weight excluding hydrogens is 480 g/mol. The van der Waals surface area contributed by atoms with Crippen LogP contribution in [0.3, 0.4) is 0 Å². The van der Waals surface area contributed by atoms with Crippen LogP contribution in [-0.2, 0) is 21.2 Å². The Balaban J connectivity index is 1.54. The summed E-state index contributed by atoms with van der Waals surface area (Å²) in [6.07, 6.45) is 1.70. The van der Waals surface area contributed by atoms with Gasteiger partial charge in [-0.25, -0.2) is 13.4 Å². The predicted octanol–water partition coefficient (Wildman–Crippen LogP) is 2.58. The minimum atomic E-state index is -3.60. The lowest BCUT2D eigenvalue weighted by molar-refractivity contribution is -0.118. The van der Waals surface area contributed by atoms with Crippen LogP contribution in [0, 0.1) is 6.92 Å². The highest BCUT2D eigenvalue weighted by atomic mass is 32.2. The van der Waals surface area contributed by atoms with Crippen LogP contribution in [0.1, 0.15) is 28.4 Å². The number of fused-ring (bicyclic) bond motifs is 1. The second-order valence-electron chi connectivity index (χ2n) is 8.65. The van der Waals surface area contributed by atoms with E-state index in [1.165, 1.54) is 19.1 Å². The maximum Gasteiger partial charge on any atom is 0.254 e. The van der Waals surface area contributed by atoms with Crippen molar-refractivity contribution < 1.29 is 22.7 Å². The SMILES string of the molecule is CC(=O)NCCS(=O)(=O)c1ccc(C(=O)N2CCOc3ccc(-c4ccc(N)nc4)cc3C2)c(C)c1. The second kappa shape index (κ2) is 10.4. The Kier molecular flexibility index (Phi) is 7.25. The van der Waals surface area contributed by atoms with Crippen molar-refractivity contribution in [2.75, 3.05) is 31.2 Å². The summed E-state index contributed by atoms with van der Waals surface area (Å²) in [5, 5.41) is 2.49. The molecule has 0 radical (unpaired) electrons. The third kappa shape index (κ3) is 5.65. The van der Waals surface area contributed by atoms with Gasteiger partial charge in [0.05, 0.1) is 17.2 Å². The molecule has 1 aromatic heterocycles. The van der Waals surface area contributed by atoms with E-state index in [0.29, 0.717) is 36.6 Å². The summed E-state index contributed by atoms with van der Waals surface area (Å²) in [6.45, 7) is 4.16. The Bertz CT molecular complexity index is 1400. The molecule has 4 rings (SSSR count). The van der Waals surface area contributed by atoms with Crippen molar-refractivity contribution >= 4 is 27.5 Å². The Morgan fingerprint density at radius 2 is 1.89 bits per heavy atom. The van der Waals surface area contributed by atoms with E-state index in [1.54, 1.807) is 30.2 Å². The lowest BCUT2D eigenvalue weighted by Gasteiger charge is -2.21. The predicted molar refractivity (Wildman–Crippen MR) is 136 cm³/mol. The van der Waals surface area contributed by atoms with Gasteiger partial charge in [-0.15, -0.1) is 0 Å². The maximum absolute atomic E-state index is 13.4. The molecule has 0 spiro atoms. The molecule has 0 saturated heterocycles. The number of carbonyl (C=O) groups excluding carboxylic acids is 2. The normalized spacial score (nSPS) is 13.3. The Hall–Kier alpha value is -3.92. The summed E-state index contributed by atoms with van der Waals surface area (Å²) in [6, 6.07) is 13.9. The molecule has 36 heavy (non-hydrogen) atoms. The van der Waals surface area contributed by atoms with E-state index in [4.69, 9.17) is 10.5 Å². The second-order valence-corrected chi connectivity index (χ2v) is 10.8. The van der Waals surface area contributed by atoms with E-state index in [-0.39, 0.29) is 29.0 Å². The highest BCUT2D eigenvalue weighted by Crippen LogP contribution is 2.30. The first-order valence-corrected chi connectivity index (χ1v) is 13.1. The van der Waals surface area contributed by atoms with Crippen LogP contribution in [-0.4, -0.2) is 55.6 Å². The third-order valence-electron chi connectivity index (χ3n) is 5.98. The summed E-state index contributed by atoms with van der Waals surface area (Å²) in [5.41, 5.74) is 9.39. The van der Waals surface area contributed by atoms with Crippen LogP contribution in [0.25, 0.3) is 11.1 Å². The van der Waals surface area contributed by atoms with Gasteiger partial charge in [-0.2, -0.15) is 0 Å². The number of pyridine rings is 1. The highest BCUT2D eigenvalue weighted by molar-refractivity contribution is 7.91. The molecule has 1 aliphatic heterocycles. The number of nitrogens with one attached hydrogen (secondary N) is 1. The van der Waals surface area contributed by atoms with E-state index < -0.39 is 9.84 Å². The van der Waals surface area contributed by atoms with Crippen molar-refractivity contribution in [1.82, 2.24) is 15.2 Å². The number of nitrogen functional groups attached to an aromatic ring is 1. The van der Waals surface area contributed by atoms with Gasteiger partial charge in [0, 0.05) is 42.9 Å². The van der Waals surface area contributed by atoms with Crippen LogP contribution in [0.15, 0.2) is 59.6 Å². The highest BCUT2D eigenvalue weighted by Gasteiger charge is 2.24. The average Bonchev–Trinajstić information content (AvgIpc) is 3.05. The Morgan fingerprint density at radius 1 is 1.11 bits per heavy atom. The fraction of sp³-hybridized carbons (Fsp3) is 0.269. The number of carbonyl (C=O) groups is 2. The lowest BCUT2D eigenvalue weighted by atomic mass is 10.0. The van der Waals surface area contributed by atoms with Crippen molar-refractivity contribution in [1.29, 1.82) is 0 Å². The van der Waals surface area contributed by atoms with Crippen molar-refractivity contribution in [2.24, 2.45) is 0 Å². The van der Waals surface area contributed by atoms with Crippen LogP contribution >= 0.6 is 0 Å². The van der Waals surface area contributed by atoms with Gasteiger partial charge in [0.15, 0.2) is 9.84 Å². The molecule has 3 N–H and O–H groups in total. The largest absolute Gasteiger partial charge is 0.491 e. The molecule has 1 aliphatic rings. The molecule has 3 aromatic rings. The first-order valence-electron chi connectivity index (χ1n) is 11.5. The van der Waals surface area contributed by atoms with E-state index in [1.807, 2.05) is 24.3 Å². The minimum Gasteiger partial charge on any atom is -0.491 e. The molecule has 0 atom stereocenters. The van der Waals surface area contributed by atoms with Crippen LogP contribution in [0.2, 0.25) is 0 Å². The van der Waals surface area contributed by atoms with Crippen molar-refractivity contribution in [3.63, 3.8) is 0 Å². The number of hydrogen-bond acceptors (Lipinski definition) is 7. The molecule has 0 bridgehead atoms. The van der Waals surface area contributed by atoms with Gasteiger partial charge in [0.1, 0.15) is 18.2 Å². The van der Waals surface area contributed by atoms with Gasteiger partial charge in [-0.3, -0.25) is 9.59 Å². The van der Waals surface area contributed by atoms with Gasteiger partial charge < -0.3 is 20.7 Å². The van der Waals surface area contributed by atoms with Crippen molar-refractivity contribution in [3.05, 3.63) is 71.4 Å². The maximum atomic E-state index is 13.4. The molecule has 0 fully saturated rings. The van der Waals surface area contributed by atoms with Gasteiger partial charge in [-0.1, -0.05) is 6.07 Å². The van der Waals surface area contributed by atoms with Crippen LogP contribution in [0.5, 0.6) is 5.75 Å². The third-order valence-corrected chi connectivity index (χ3v) is 7.69. The number of aromatic nitrogens is 1. The monoisotopic (exact) mass is 508 g/mol. The summed E-state index contributed by atoms with van der Waals surface area (Å²) in [5.74, 6) is 0.449. The molecule has 2 amide bonds. The first-order chi connectivity index (χ1) is 17.1. The zero-order valence-corrected chi connectivity index (χ0v) is 21.0. The van der Waals surface area contributed by atoms with Gasteiger partial charge in [-0.05, 0) is 60.5 Å². The lowest BCUT2D eigenvalue weighted by Crippen LogP contribution is -2.33. The summed E-state index contributed by atoms with van der Waals surface area (Å²) in [4.78, 5) is 30.4.